The molecule has 0 aliphatic carbocycles. The summed E-state index contributed by atoms with van der Waals surface area (Å²) in [4.78, 5) is 36.0. The summed E-state index contributed by atoms with van der Waals surface area (Å²) in [5.41, 5.74) is 0.0397. The minimum atomic E-state index is -4.50. The molecule has 11 heteroatoms. The Labute approximate surface area is 152 Å². The van der Waals surface area contributed by atoms with Crippen LogP contribution in [-0.4, -0.2) is 49.6 Å². The van der Waals surface area contributed by atoms with Crippen LogP contribution in [-0.2, 0) is 4.79 Å². The third kappa shape index (κ3) is 5.31. The van der Waals surface area contributed by atoms with Crippen LogP contribution in [0.25, 0.3) is 0 Å². The first-order valence-electron chi connectivity index (χ1n) is 8.22. The number of nitrogens with one attached hydrogen (secondary N) is 2. The van der Waals surface area contributed by atoms with E-state index in [1.807, 2.05) is 5.32 Å². The number of carbonyl (C=O) groups is 2. The van der Waals surface area contributed by atoms with Crippen molar-refractivity contribution in [3.63, 3.8) is 0 Å². The van der Waals surface area contributed by atoms with Gasteiger partial charge in [-0.05, 0) is 25.0 Å². The molecule has 0 radical (unpaired) electrons. The predicted octanol–water partition coefficient (Wildman–Crippen LogP) is 1.85. The van der Waals surface area contributed by atoms with Crippen LogP contribution >= 0.6 is 0 Å². The van der Waals surface area contributed by atoms with Gasteiger partial charge >= 0.3 is 6.18 Å². The Kier molecular flexibility index (Phi) is 6.24. The molecule has 2 N–H and O–H groups in total. The summed E-state index contributed by atoms with van der Waals surface area (Å²) in [6.45, 7) is -0.934. The number of nitro groups is 1. The fraction of sp³-hybridized carbons (Fsp3) is 0.500. The summed E-state index contributed by atoms with van der Waals surface area (Å²) >= 11 is 0. The first-order chi connectivity index (χ1) is 12.6. The molecular formula is C16H19F3N4O4. The highest BCUT2D eigenvalue weighted by atomic mass is 19.4. The second kappa shape index (κ2) is 8.23. The number of nitro benzene ring substituents is 1. The van der Waals surface area contributed by atoms with Crippen molar-refractivity contribution in [2.24, 2.45) is 5.92 Å². The number of hydrogen-bond donors (Lipinski definition) is 2. The molecule has 1 heterocycles. The molecule has 0 spiro atoms. The summed E-state index contributed by atoms with van der Waals surface area (Å²) < 4.78 is 36.8. The van der Waals surface area contributed by atoms with E-state index in [0.717, 1.165) is 6.07 Å². The predicted molar refractivity (Wildman–Crippen MR) is 90.5 cm³/mol. The zero-order chi connectivity index (χ0) is 20.2. The van der Waals surface area contributed by atoms with E-state index in [-0.39, 0.29) is 23.5 Å². The number of carbonyl (C=O) groups excluding carboxylic acids is 2. The first kappa shape index (κ1) is 20.5. The largest absolute Gasteiger partial charge is 0.405 e. The van der Waals surface area contributed by atoms with E-state index in [1.54, 1.807) is 4.90 Å². The van der Waals surface area contributed by atoms with Gasteiger partial charge in [0.05, 0.1) is 10.8 Å². The van der Waals surface area contributed by atoms with Gasteiger partial charge in [0.15, 0.2) is 0 Å². The number of rotatable bonds is 5. The smallest absolute Gasteiger partial charge is 0.365 e. The van der Waals surface area contributed by atoms with Gasteiger partial charge in [0.2, 0.25) is 5.91 Å². The molecule has 0 bridgehead atoms. The molecule has 27 heavy (non-hydrogen) atoms. The van der Waals surface area contributed by atoms with Crippen molar-refractivity contribution in [3.8, 4) is 0 Å². The van der Waals surface area contributed by atoms with E-state index in [9.17, 15) is 32.9 Å². The van der Waals surface area contributed by atoms with Crippen molar-refractivity contribution in [2.75, 3.05) is 31.6 Å². The lowest BCUT2D eigenvalue weighted by Gasteiger charge is -2.33. The molecule has 1 aromatic carbocycles. The molecule has 1 fully saturated rings. The molecule has 1 saturated heterocycles. The maximum Gasteiger partial charge on any atom is 0.405 e. The normalized spacial score (nSPS) is 17.3. The Morgan fingerprint density at radius 3 is 2.67 bits per heavy atom. The quantitative estimate of drug-likeness (QED) is 0.592. The third-order valence-electron chi connectivity index (χ3n) is 4.26. The number of nitrogens with zero attached hydrogens (tertiary/aromatic N) is 2. The van der Waals surface area contributed by atoms with Crippen LogP contribution < -0.4 is 15.5 Å². The second-order valence-corrected chi connectivity index (χ2v) is 6.16. The average Bonchev–Trinajstić information content (AvgIpc) is 2.64. The number of benzene rings is 1. The second-order valence-electron chi connectivity index (χ2n) is 6.16. The number of amides is 2. The monoisotopic (exact) mass is 388 g/mol. The minimum absolute atomic E-state index is 0.0594. The molecular weight excluding hydrogens is 369 g/mol. The lowest BCUT2D eigenvalue weighted by Crippen LogP contribution is -2.45. The Balaban J connectivity index is 2.18. The van der Waals surface area contributed by atoms with E-state index in [4.69, 9.17) is 0 Å². The number of alkyl halides is 3. The van der Waals surface area contributed by atoms with E-state index in [2.05, 4.69) is 5.32 Å². The van der Waals surface area contributed by atoms with E-state index in [1.165, 1.54) is 19.2 Å². The maximum atomic E-state index is 12.3. The van der Waals surface area contributed by atoms with Gasteiger partial charge in [0.25, 0.3) is 11.6 Å². The van der Waals surface area contributed by atoms with Crippen molar-refractivity contribution in [3.05, 3.63) is 33.9 Å². The van der Waals surface area contributed by atoms with Crippen LogP contribution in [0.4, 0.5) is 24.5 Å². The van der Waals surface area contributed by atoms with Gasteiger partial charge in [-0.2, -0.15) is 13.2 Å². The summed E-state index contributed by atoms with van der Waals surface area (Å²) in [5, 5.41) is 15.6. The number of anilines is 1. The van der Waals surface area contributed by atoms with Gasteiger partial charge in [0, 0.05) is 31.8 Å². The lowest BCUT2D eigenvalue weighted by atomic mass is 9.96. The Morgan fingerprint density at radius 1 is 1.37 bits per heavy atom. The molecule has 2 rings (SSSR count). The zero-order valence-corrected chi connectivity index (χ0v) is 14.5. The topological polar surface area (TPSA) is 105 Å². The maximum absolute atomic E-state index is 12.3. The van der Waals surface area contributed by atoms with Crippen molar-refractivity contribution in [1.82, 2.24) is 10.6 Å². The van der Waals surface area contributed by atoms with Crippen molar-refractivity contribution in [2.45, 2.75) is 19.0 Å². The van der Waals surface area contributed by atoms with E-state index in [0.29, 0.717) is 19.4 Å². The fourth-order valence-electron chi connectivity index (χ4n) is 2.96. The summed E-state index contributed by atoms with van der Waals surface area (Å²) in [7, 11) is 1.40. The number of hydrogen-bond acceptors (Lipinski definition) is 5. The standard InChI is InChI=1S/C16H19F3N4O4/c1-20-14(24)10-4-5-12(13(7-10)23(26)27)22-6-2-3-11(8-22)15(25)21-9-16(17,18)19/h4-5,7,11H,2-3,6,8-9H2,1H3,(H,20,24)(H,21,25). The molecule has 8 nitrogen and oxygen atoms in total. The molecule has 1 aromatic rings. The van der Waals surface area contributed by atoms with Crippen LogP contribution in [0.5, 0.6) is 0 Å². The van der Waals surface area contributed by atoms with Crippen LogP contribution in [0.2, 0.25) is 0 Å². The van der Waals surface area contributed by atoms with Gasteiger partial charge in [-0.1, -0.05) is 0 Å². The van der Waals surface area contributed by atoms with Gasteiger partial charge in [-0.3, -0.25) is 19.7 Å². The Bertz CT molecular complexity index is 739. The molecule has 1 aliphatic heterocycles. The molecule has 1 atom stereocenters. The van der Waals surface area contributed by atoms with Crippen LogP contribution in [0, 0.1) is 16.0 Å². The summed E-state index contributed by atoms with van der Waals surface area (Å²) in [6.07, 6.45) is -3.61. The molecule has 0 saturated carbocycles. The van der Waals surface area contributed by atoms with E-state index >= 15 is 0 Å². The molecule has 2 amide bonds. The highest BCUT2D eigenvalue weighted by Gasteiger charge is 2.33. The minimum Gasteiger partial charge on any atom is -0.365 e. The zero-order valence-electron chi connectivity index (χ0n) is 14.5. The van der Waals surface area contributed by atoms with Crippen LogP contribution in [0.3, 0.4) is 0 Å². The lowest BCUT2D eigenvalue weighted by molar-refractivity contribution is -0.384. The molecule has 1 unspecified atom stereocenters. The molecule has 0 aromatic heterocycles. The van der Waals surface area contributed by atoms with Gasteiger partial charge in [0.1, 0.15) is 12.2 Å². The molecule has 1 aliphatic rings. The number of halogens is 3. The highest BCUT2D eigenvalue weighted by molar-refractivity contribution is 5.95. The fourth-order valence-corrected chi connectivity index (χ4v) is 2.96. The third-order valence-corrected chi connectivity index (χ3v) is 4.26. The van der Waals surface area contributed by atoms with Crippen LogP contribution in [0.1, 0.15) is 23.2 Å². The highest BCUT2D eigenvalue weighted by Crippen LogP contribution is 2.32. The summed E-state index contributed by atoms with van der Waals surface area (Å²) in [6, 6.07) is 3.98. The van der Waals surface area contributed by atoms with Gasteiger partial charge < -0.3 is 15.5 Å². The van der Waals surface area contributed by atoms with Crippen molar-refractivity contribution >= 4 is 23.2 Å². The van der Waals surface area contributed by atoms with Crippen molar-refractivity contribution < 1.29 is 27.7 Å². The molecule has 148 valence electrons. The summed E-state index contributed by atoms with van der Waals surface area (Å²) in [5.74, 6) is -1.92. The first-order valence-corrected chi connectivity index (χ1v) is 8.22. The van der Waals surface area contributed by atoms with Gasteiger partial charge in [-0.15, -0.1) is 0 Å². The van der Waals surface area contributed by atoms with Gasteiger partial charge in [-0.25, -0.2) is 0 Å². The SMILES string of the molecule is CNC(=O)c1ccc(N2CCCC(C(=O)NCC(F)(F)F)C2)c([N+](=O)[O-])c1. The van der Waals surface area contributed by atoms with Crippen LogP contribution in [0.15, 0.2) is 18.2 Å². The average molecular weight is 388 g/mol. The number of piperidine rings is 1. The Hall–Kier alpha value is -2.85. The Morgan fingerprint density at radius 2 is 2.07 bits per heavy atom. The van der Waals surface area contributed by atoms with E-state index < -0.39 is 35.4 Å². The van der Waals surface area contributed by atoms with Crippen molar-refractivity contribution in [1.29, 1.82) is 0 Å².